The van der Waals surface area contributed by atoms with Crippen LogP contribution in [0, 0.1) is 6.92 Å². The molecule has 0 radical (unpaired) electrons. The number of rotatable bonds is 6. The van der Waals surface area contributed by atoms with E-state index in [0.29, 0.717) is 6.04 Å². The maximum absolute atomic E-state index is 4.52. The Hall–Kier alpha value is -1.27. The van der Waals surface area contributed by atoms with Crippen LogP contribution >= 0.6 is 11.3 Å². The van der Waals surface area contributed by atoms with E-state index in [1.807, 2.05) is 20.2 Å². The Morgan fingerprint density at radius 2 is 2.28 bits per heavy atom. The molecule has 0 aromatic carbocycles. The Morgan fingerprint density at radius 3 is 2.83 bits per heavy atom. The molecule has 0 saturated heterocycles. The molecule has 2 aromatic heterocycles. The maximum Gasteiger partial charge on any atom is 0.0943 e. The Kier molecular flexibility index (Phi) is 4.43. The Balaban J connectivity index is 1.99. The van der Waals surface area contributed by atoms with Gasteiger partial charge in [0.2, 0.25) is 0 Å². The smallest absolute Gasteiger partial charge is 0.0943 e. The van der Waals surface area contributed by atoms with Gasteiger partial charge in [-0.15, -0.1) is 16.4 Å². The molecule has 98 valence electrons. The van der Waals surface area contributed by atoms with Crippen LogP contribution in [-0.2, 0) is 19.9 Å². The average molecular weight is 265 g/mol. The van der Waals surface area contributed by atoms with E-state index >= 15 is 0 Å². The molecular formula is C12H19N5S. The molecule has 0 amide bonds. The lowest BCUT2D eigenvalue weighted by Crippen LogP contribution is -2.33. The van der Waals surface area contributed by atoms with Gasteiger partial charge in [0.25, 0.3) is 0 Å². The van der Waals surface area contributed by atoms with Gasteiger partial charge in [0.05, 0.1) is 10.7 Å². The van der Waals surface area contributed by atoms with Crippen LogP contribution in [0.15, 0.2) is 11.6 Å². The normalized spacial score (nSPS) is 12.8. The molecule has 0 aliphatic carbocycles. The van der Waals surface area contributed by atoms with E-state index in [1.165, 1.54) is 5.01 Å². The van der Waals surface area contributed by atoms with Crippen molar-refractivity contribution in [2.75, 3.05) is 6.54 Å². The van der Waals surface area contributed by atoms with E-state index in [4.69, 9.17) is 0 Å². The van der Waals surface area contributed by atoms with Crippen LogP contribution in [0.25, 0.3) is 0 Å². The first-order valence-electron chi connectivity index (χ1n) is 6.17. The summed E-state index contributed by atoms with van der Waals surface area (Å²) in [5.41, 5.74) is 2.13. The van der Waals surface area contributed by atoms with E-state index < -0.39 is 0 Å². The Bertz CT molecular complexity index is 448. The topological polar surface area (TPSA) is 55.6 Å². The number of nitrogens with zero attached hydrogens (tertiary/aromatic N) is 4. The van der Waals surface area contributed by atoms with Gasteiger partial charge in [-0.05, 0) is 13.5 Å². The summed E-state index contributed by atoms with van der Waals surface area (Å²) in [6.07, 6.45) is 3.81. The molecule has 5 nitrogen and oxygen atoms in total. The van der Waals surface area contributed by atoms with E-state index in [0.717, 1.165) is 30.8 Å². The van der Waals surface area contributed by atoms with Gasteiger partial charge in [-0.1, -0.05) is 12.1 Å². The van der Waals surface area contributed by atoms with Crippen LogP contribution in [-0.4, -0.2) is 32.6 Å². The molecule has 0 aliphatic rings. The highest BCUT2D eigenvalue weighted by Crippen LogP contribution is 2.12. The Morgan fingerprint density at radius 1 is 1.44 bits per heavy atom. The summed E-state index contributed by atoms with van der Waals surface area (Å²) < 4.78 is 1.74. The average Bonchev–Trinajstić information content (AvgIpc) is 2.89. The lowest BCUT2D eigenvalue weighted by atomic mass is 10.1. The van der Waals surface area contributed by atoms with Crippen molar-refractivity contribution in [2.45, 2.75) is 32.7 Å². The molecule has 1 N–H and O–H groups in total. The van der Waals surface area contributed by atoms with E-state index in [9.17, 15) is 0 Å². The van der Waals surface area contributed by atoms with Crippen molar-refractivity contribution in [1.29, 1.82) is 0 Å². The van der Waals surface area contributed by atoms with Gasteiger partial charge in [0.1, 0.15) is 0 Å². The van der Waals surface area contributed by atoms with Crippen molar-refractivity contribution in [3.8, 4) is 0 Å². The summed E-state index contributed by atoms with van der Waals surface area (Å²) in [4.78, 5) is 4.52. The molecule has 18 heavy (non-hydrogen) atoms. The maximum atomic E-state index is 4.52. The molecule has 1 atom stereocenters. The third-order valence-corrected chi connectivity index (χ3v) is 3.68. The summed E-state index contributed by atoms with van der Waals surface area (Å²) >= 11 is 1.73. The first kappa shape index (κ1) is 13.2. The van der Waals surface area contributed by atoms with Crippen LogP contribution in [0.5, 0.6) is 0 Å². The lowest BCUT2D eigenvalue weighted by molar-refractivity contribution is 0.515. The summed E-state index contributed by atoms with van der Waals surface area (Å²) in [6, 6.07) is 0.372. The number of hydrogen-bond acceptors (Lipinski definition) is 5. The second-order valence-electron chi connectivity index (χ2n) is 4.43. The number of thiazole rings is 1. The van der Waals surface area contributed by atoms with E-state index in [1.54, 1.807) is 16.0 Å². The minimum atomic E-state index is 0.372. The number of aryl methyl sites for hydroxylation is 2. The van der Waals surface area contributed by atoms with Gasteiger partial charge < -0.3 is 5.32 Å². The molecule has 6 heteroatoms. The molecule has 2 heterocycles. The fraction of sp³-hybridized carbons (Fsp3) is 0.583. The monoisotopic (exact) mass is 265 g/mol. The van der Waals surface area contributed by atoms with Crippen molar-refractivity contribution in [1.82, 2.24) is 25.3 Å². The van der Waals surface area contributed by atoms with E-state index in [-0.39, 0.29) is 0 Å². The second-order valence-corrected chi connectivity index (χ2v) is 5.37. The molecular weight excluding hydrogens is 246 g/mol. The summed E-state index contributed by atoms with van der Waals surface area (Å²) in [6.45, 7) is 5.11. The molecule has 0 aliphatic heterocycles. The second kappa shape index (κ2) is 6.06. The fourth-order valence-corrected chi connectivity index (χ4v) is 2.81. The zero-order valence-corrected chi connectivity index (χ0v) is 11.9. The first-order valence-corrected chi connectivity index (χ1v) is 7.05. The van der Waals surface area contributed by atoms with Crippen LogP contribution in [0.3, 0.4) is 0 Å². The largest absolute Gasteiger partial charge is 0.313 e. The number of hydrogen-bond donors (Lipinski definition) is 1. The van der Waals surface area contributed by atoms with Crippen LogP contribution in [0.2, 0.25) is 0 Å². The van der Waals surface area contributed by atoms with Crippen molar-refractivity contribution in [3.63, 3.8) is 0 Å². The van der Waals surface area contributed by atoms with Crippen molar-refractivity contribution in [2.24, 2.45) is 7.05 Å². The predicted molar refractivity (Wildman–Crippen MR) is 72.7 cm³/mol. The van der Waals surface area contributed by atoms with Crippen LogP contribution in [0.1, 0.15) is 23.3 Å². The number of nitrogens with one attached hydrogen (secondary N) is 1. The molecule has 0 saturated carbocycles. The minimum absolute atomic E-state index is 0.372. The summed E-state index contributed by atoms with van der Waals surface area (Å²) in [5, 5.41) is 14.9. The van der Waals surface area contributed by atoms with E-state index in [2.05, 4.69) is 32.9 Å². The predicted octanol–water partition coefficient (Wildman–Crippen LogP) is 1.34. The molecule has 0 bridgehead atoms. The molecule has 0 fully saturated rings. The Labute approximate surface area is 111 Å². The zero-order valence-electron chi connectivity index (χ0n) is 11.1. The van der Waals surface area contributed by atoms with Crippen LogP contribution < -0.4 is 5.32 Å². The number of likely N-dealkylation sites (N-methyl/N-ethyl adjacent to an activating group) is 1. The lowest BCUT2D eigenvalue weighted by Gasteiger charge is -2.14. The zero-order chi connectivity index (χ0) is 13.0. The molecule has 0 spiro atoms. The fourth-order valence-electron chi connectivity index (χ4n) is 1.95. The third-order valence-electron chi connectivity index (χ3n) is 2.69. The minimum Gasteiger partial charge on any atom is -0.313 e. The third kappa shape index (κ3) is 3.61. The summed E-state index contributed by atoms with van der Waals surface area (Å²) in [7, 11) is 1.89. The van der Waals surface area contributed by atoms with Crippen molar-refractivity contribution < 1.29 is 0 Å². The van der Waals surface area contributed by atoms with Gasteiger partial charge in [-0.25, -0.2) is 4.98 Å². The standard InChI is InChI=1S/C12H19N5S/c1-4-13-10(5-11-7-17(3)16-15-11)6-12-14-9(2)8-18-12/h7-8,10,13H,4-6H2,1-3H3. The van der Waals surface area contributed by atoms with Gasteiger partial charge in [-0.3, -0.25) is 4.68 Å². The van der Waals surface area contributed by atoms with Crippen molar-refractivity contribution in [3.05, 3.63) is 28.0 Å². The SMILES string of the molecule is CCNC(Cc1cn(C)nn1)Cc1nc(C)cs1. The first-order chi connectivity index (χ1) is 8.67. The highest BCUT2D eigenvalue weighted by Gasteiger charge is 2.13. The van der Waals surface area contributed by atoms with Gasteiger partial charge in [0.15, 0.2) is 0 Å². The highest BCUT2D eigenvalue weighted by molar-refractivity contribution is 7.09. The highest BCUT2D eigenvalue weighted by atomic mass is 32.1. The van der Waals surface area contributed by atoms with Gasteiger partial charge >= 0.3 is 0 Å². The van der Waals surface area contributed by atoms with Gasteiger partial charge in [0, 0.05) is 43.2 Å². The summed E-state index contributed by atoms with van der Waals surface area (Å²) in [5.74, 6) is 0. The molecule has 2 rings (SSSR count). The molecule has 1 unspecified atom stereocenters. The quantitative estimate of drug-likeness (QED) is 0.856. The van der Waals surface area contributed by atoms with Crippen molar-refractivity contribution >= 4 is 11.3 Å². The van der Waals surface area contributed by atoms with Crippen LogP contribution in [0.4, 0.5) is 0 Å². The number of aromatic nitrogens is 4. The molecule has 2 aromatic rings. The van der Waals surface area contributed by atoms with Gasteiger partial charge in [-0.2, -0.15) is 0 Å².